The number of ether oxygens (including phenoxy) is 1. The molecule has 0 atom stereocenters. The lowest BCUT2D eigenvalue weighted by Gasteiger charge is -2.39. The predicted molar refractivity (Wildman–Crippen MR) is 118 cm³/mol. The standard InChI is InChI=1S/C24H29N3O3/c1-17-8-10-19-21(11-9-17)30-20-7-5-4-6-18(20)22(25-19)27-14-12-26(13-15-27)16-24(2,3)23(28)29/h4-10H,11-16H2,1-3H3,(H,28,29). The molecular formula is C24H29N3O3. The number of carboxylic acids is 1. The van der Waals surface area contributed by atoms with Gasteiger partial charge in [0, 0.05) is 39.1 Å². The zero-order valence-electron chi connectivity index (χ0n) is 17.9. The van der Waals surface area contributed by atoms with Crippen LogP contribution in [0.2, 0.25) is 0 Å². The molecule has 3 aliphatic rings. The van der Waals surface area contributed by atoms with Crippen molar-refractivity contribution in [3.8, 4) is 5.75 Å². The largest absolute Gasteiger partial charge is 0.481 e. The Kier molecular flexibility index (Phi) is 5.52. The molecule has 2 aliphatic heterocycles. The molecule has 1 aromatic carbocycles. The third-order valence-corrected chi connectivity index (χ3v) is 5.86. The summed E-state index contributed by atoms with van der Waals surface area (Å²) in [5, 5.41) is 9.43. The normalized spacial score (nSPS) is 19.8. The number of hydrogen-bond acceptors (Lipinski definition) is 5. The molecule has 0 radical (unpaired) electrons. The average Bonchev–Trinajstić information content (AvgIpc) is 2.98. The molecule has 6 heteroatoms. The van der Waals surface area contributed by atoms with Crippen molar-refractivity contribution in [2.75, 3.05) is 32.7 Å². The number of allylic oxidation sites excluding steroid dienone is 4. The van der Waals surface area contributed by atoms with Crippen molar-refractivity contribution in [3.05, 3.63) is 65.1 Å². The van der Waals surface area contributed by atoms with E-state index in [4.69, 9.17) is 9.73 Å². The summed E-state index contributed by atoms with van der Waals surface area (Å²) in [6.07, 6.45) is 6.99. The summed E-state index contributed by atoms with van der Waals surface area (Å²) in [7, 11) is 0. The van der Waals surface area contributed by atoms with Crippen LogP contribution in [0.1, 0.15) is 32.8 Å². The van der Waals surface area contributed by atoms with Crippen LogP contribution in [0.4, 0.5) is 0 Å². The number of hydrogen-bond donors (Lipinski definition) is 1. The van der Waals surface area contributed by atoms with Gasteiger partial charge in [-0.15, -0.1) is 0 Å². The van der Waals surface area contributed by atoms with Crippen LogP contribution in [0.15, 0.2) is 64.5 Å². The van der Waals surface area contributed by atoms with Gasteiger partial charge in [0.2, 0.25) is 0 Å². The van der Waals surface area contributed by atoms with Crippen LogP contribution in [0.25, 0.3) is 0 Å². The zero-order chi connectivity index (χ0) is 21.3. The summed E-state index contributed by atoms with van der Waals surface area (Å²) in [5.41, 5.74) is 2.31. The highest BCUT2D eigenvalue weighted by Gasteiger charge is 2.32. The molecule has 0 spiro atoms. The summed E-state index contributed by atoms with van der Waals surface area (Å²) >= 11 is 0. The average molecular weight is 408 g/mol. The monoisotopic (exact) mass is 407 g/mol. The minimum absolute atomic E-state index is 0.547. The number of benzene rings is 1. The van der Waals surface area contributed by atoms with Gasteiger partial charge in [0.25, 0.3) is 0 Å². The van der Waals surface area contributed by atoms with Crippen LogP contribution in [0.5, 0.6) is 5.75 Å². The van der Waals surface area contributed by atoms with Crippen LogP contribution in [0.3, 0.4) is 0 Å². The van der Waals surface area contributed by atoms with E-state index in [2.05, 4.69) is 34.9 Å². The van der Waals surface area contributed by atoms with E-state index >= 15 is 0 Å². The van der Waals surface area contributed by atoms with E-state index in [0.717, 1.165) is 61.2 Å². The number of fused-ring (bicyclic) bond motifs is 1. The van der Waals surface area contributed by atoms with Crippen LogP contribution >= 0.6 is 0 Å². The molecule has 0 aromatic heterocycles. The van der Waals surface area contributed by atoms with Crippen molar-refractivity contribution in [2.45, 2.75) is 27.2 Å². The van der Waals surface area contributed by atoms with Gasteiger partial charge < -0.3 is 14.7 Å². The molecule has 0 bridgehead atoms. The van der Waals surface area contributed by atoms with Gasteiger partial charge in [-0.05, 0) is 39.0 Å². The summed E-state index contributed by atoms with van der Waals surface area (Å²) < 4.78 is 6.29. The molecule has 158 valence electrons. The predicted octanol–water partition coefficient (Wildman–Crippen LogP) is 3.67. The molecule has 1 aromatic rings. The quantitative estimate of drug-likeness (QED) is 0.828. The SMILES string of the molecule is CC1=CCC2=C(C=C1)N=C(N1CCN(CC(C)(C)C(=O)O)CC1)c1ccccc1O2. The molecule has 1 fully saturated rings. The van der Waals surface area contributed by atoms with E-state index in [1.54, 1.807) is 13.8 Å². The Labute approximate surface area is 177 Å². The number of amidine groups is 1. The lowest BCUT2D eigenvalue weighted by atomic mass is 9.93. The van der Waals surface area contributed by atoms with Crippen LogP contribution in [-0.4, -0.2) is 59.4 Å². The third kappa shape index (κ3) is 4.19. The fraction of sp³-hybridized carbons (Fsp3) is 0.417. The number of rotatable bonds is 3. The third-order valence-electron chi connectivity index (χ3n) is 5.86. The summed E-state index contributed by atoms with van der Waals surface area (Å²) in [5.74, 6) is 1.87. The van der Waals surface area contributed by atoms with Crippen LogP contribution in [0, 0.1) is 5.41 Å². The van der Waals surface area contributed by atoms with Crippen LogP contribution in [-0.2, 0) is 4.79 Å². The lowest BCUT2D eigenvalue weighted by Crippen LogP contribution is -2.52. The molecule has 0 unspecified atom stereocenters. The molecule has 0 amide bonds. The molecule has 1 saturated heterocycles. The van der Waals surface area contributed by atoms with Crippen LogP contribution < -0.4 is 4.74 Å². The van der Waals surface area contributed by atoms with E-state index in [1.165, 1.54) is 5.57 Å². The highest BCUT2D eigenvalue weighted by molar-refractivity contribution is 6.02. The number of carbonyl (C=O) groups is 1. The fourth-order valence-corrected chi connectivity index (χ4v) is 3.96. The molecule has 0 saturated carbocycles. The number of nitrogens with zero attached hydrogens (tertiary/aromatic N) is 3. The number of para-hydroxylation sites is 1. The Morgan fingerprint density at radius 2 is 1.90 bits per heavy atom. The van der Waals surface area contributed by atoms with Gasteiger partial charge in [-0.2, -0.15) is 0 Å². The topological polar surface area (TPSA) is 65.4 Å². The first-order valence-electron chi connectivity index (χ1n) is 10.5. The molecular weight excluding hydrogens is 378 g/mol. The second-order valence-electron chi connectivity index (χ2n) is 8.78. The zero-order valence-corrected chi connectivity index (χ0v) is 17.9. The smallest absolute Gasteiger partial charge is 0.310 e. The molecule has 1 N–H and O–H groups in total. The second-order valence-corrected chi connectivity index (χ2v) is 8.78. The van der Waals surface area contributed by atoms with Crippen molar-refractivity contribution < 1.29 is 14.6 Å². The molecule has 4 rings (SSSR count). The Bertz CT molecular complexity index is 964. The van der Waals surface area contributed by atoms with E-state index < -0.39 is 11.4 Å². The number of carboxylic acid groups (broad SMARTS) is 1. The van der Waals surface area contributed by atoms with Crippen molar-refractivity contribution in [3.63, 3.8) is 0 Å². The van der Waals surface area contributed by atoms with Gasteiger partial charge in [-0.3, -0.25) is 9.69 Å². The highest BCUT2D eigenvalue weighted by Crippen LogP contribution is 2.31. The van der Waals surface area contributed by atoms with Crippen molar-refractivity contribution in [1.82, 2.24) is 9.80 Å². The number of aliphatic imine (C=N–C) groups is 1. The minimum atomic E-state index is -0.757. The van der Waals surface area contributed by atoms with Gasteiger partial charge >= 0.3 is 5.97 Å². The Morgan fingerprint density at radius 1 is 1.17 bits per heavy atom. The summed E-state index contributed by atoms with van der Waals surface area (Å²) in [6, 6.07) is 8.06. The second kappa shape index (κ2) is 8.11. The number of piperazine rings is 1. The molecule has 1 aliphatic carbocycles. The summed E-state index contributed by atoms with van der Waals surface area (Å²) in [6.45, 7) is 9.41. The van der Waals surface area contributed by atoms with E-state index in [-0.39, 0.29) is 0 Å². The van der Waals surface area contributed by atoms with Gasteiger partial charge in [0.05, 0.1) is 11.0 Å². The first-order chi connectivity index (χ1) is 14.3. The Balaban J connectivity index is 1.59. The fourth-order valence-electron chi connectivity index (χ4n) is 3.96. The van der Waals surface area contributed by atoms with Crippen molar-refractivity contribution in [1.29, 1.82) is 0 Å². The van der Waals surface area contributed by atoms with Gasteiger partial charge in [0.15, 0.2) is 0 Å². The van der Waals surface area contributed by atoms with Gasteiger partial charge in [-0.1, -0.05) is 29.9 Å². The minimum Gasteiger partial charge on any atom is -0.481 e. The van der Waals surface area contributed by atoms with E-state index in [1.807, 2.05) is 24.3 Å². The molecule has 2 heterocycles. The maximum absolute atomic E-state index is 11.5. The van der Waals surface area contributed by atoms with E-state index in [9.17, 15) is 9.90 Å². The molecule has 30 heavy (non-hydrogen) atoms. The lowest BCUT2D eigenvalue weighted by molar-refractivity contribution is -0.148. The Hall–Kier alpha value is -2.86. The maximum Gasteiger partial charge on any atom is 0.310 e. The summed E-state index contributed by atoms with van der Waals surface area (Å²) in [4.78, 5) is 21.1. The van der Waals surface area contributed by atoms with Gasteiger partial charge in [-0.25, -0.2) is 4.99 Å². The molecule has 6 nitrogen and oxygen atoms in total. The van der Waals surface area contributed by atoms with E-state index in [0.29, 0.717) is 6.54 Å². The first kappa shape index (κ1) is 20.4. The highest BCUT2D eigenvalue weighted by atomic mass is 16.5. The van der Waals surface area contributed by atoms with Gasteiger partial charge in [0.1, 0.15) is 23.0 Å². The Morgan fingerprint density at radius 3 is 2.63 bits per heavy atom. The van der Waals surface area contributed by atoms with Crippen molar-refractivity contribution in [2.24, 2.45) is 10.4 Å². The first-order valence-corrected chi connectivity index (χ1v) is 10.5. The maximum atomic E-state index is 11.5. The van der Waals surface area contributed by atoms with Crippen molar-refractivity contribution >= 4 is 11.8 Å². The number of aliphatic carboxylic acids is 1.